The van der Waals surface area contributed by atoms with Crippen molar-refractivity contribution >= 4 is 5.97 Å². The van der Waals surface area contributed by atoms with Crippen LogP contribution in [0.3, 0.4) is 0 Å². The molecule has 4 bridgehead atoms. The number of rotatable bonds is 2. The van der Waals surface area contributed by atoms with Gasteiger partial charge in [0.2, 0.25) is 0 Å². The number of ether oxygens (including phenoxy) is 1. The standard InChI is InChI=1S/C23H35NO4/c1-13-10-24-11-15-4-3-14-5-6-18-17(20(26)28-2)9-22(23(14,18)27)19(24)16(13)7-8-21(15,22)12-25/h13-19,25,27H,3-12H2,1-2H3/t13-,14+,15-,16-,17-,18-,19+,21-,22+,23+/m1/s1. The average molecular weight is 390 g/mol. The first-order valence-corrected chi connectivity index (χ1v) is 11.6. The van der Waals surface area contributed by atoms with Crippen molar-refractivity contribution in [1.29, 1.82) is 0 Å². The number of methoxy groups -OCH3 is 1. The molecule has 0 radical (unpaired) electrons. The van der Waals surface area contributed by atoms with Crippen molar-refractivity contribution in [2.24, 2.45) is 46.3 Å². The molecule has 0 aromatic heterocycles. The zero-order chi connectivity index (χ0) is 19.5. The summed E-state index contributed by atoms with van der Waals surface area (Å²) < 4.78 is 5.25. The van der Waals surface area contributed by atoms with Crippen molar-refractivity contribution in [1.82, 2.24) is 4.90 Å². The first-order valence-electron chi connectivity index (χ1n) is 11.6. The molecule has 2 heterocycles. The molecule has 6 aliphatic rings. The van der Waals surface area contributed by atoms with Gasteiger partial charge in [-0.25, -0.2) is 0 Å². The second-order valence-electron chi connectivity index (χ2n) is 11.2. The van der Waals surface area contributed by atoms with Crippen molar-refractivity contribution in [3.63, 3.8) is 0 Å². The molecule has 2 aliphatic heterocycles. The quantitative estimate of drug-likeness (QED) is 0.708. The van der Waals surface area contributed by atoms with E-state index in [-0.39, 0.29) is 41.2 Å². The topological polar surface area (TPSA) is 70.0 Å². The lowest BCUT2D eigenvalue weighted by Gasteiger charge is -2.69. The van der Waals surface area contributed by atoms with E-state index in [0.717, 1.165) is 58.0 Å². The summed E-state index contributed by atoms with van der Waals surface area (Å²) in [6, 6.07) is 0.320. The van der Waals surface area contributed by atoms with Gasteiger partial charge in [0.1, 0.15) is 0 Å². The monoisotopic (exact) mass is 389 g/mol. The van der Waals surface area contributed by atoms with Gasteiger partial charge in [-0.05, 0) is 68.6 Å². The predicted molar refractivity (Wildman–Crippen MR) is 103 cm³/mol. The molecule has 5 nitrogen and oxygen atoms in total. The van der Waals surface area contributed by atoms with Crippen molar-refractivity contribution < 1.29 is 19.7 Å². The summed E-state index contributed by atoms with van der Waals surface area (Å²) in [4.78, 5) is 15.6. The molecule has 0 unspecified atom stereocenters. The van der Waals surface area contributed by atoms with Crippen LogP contribution in [0.2, 0.25) is 0 Å². The summed E-state index contributed by atoms with van der Waals surface area (Å²) in [5, 5.41) is 23.7. The molecular formula is C23H35NO4. The van der Waals surface area contributed by atoms with E-state index in [2.05, 4.69) is 11.8 Å². The Bertz CT molecular complexity index is 713. The minimum Gasteiger partial charge on any atom is -0.469 e. The van der Waals surface area contributed by atoms with Crippen LogP contribution >= 0.6 is 0 Å². The van der Waals surface area contributed by atoms with Crippen LogP contribution in [0.15, 0.2) is 0 Å². The Labute approximate surface area is 167 Å². The Kier molecular flexibility index (Phi) is 3.58. The smallest absolute Gasteiger partial charge is 0.309 e. The van der Waals surface area contributed by atoms with Gasteiger partial charge in [0.15, 0.2) is 0 Å². The number of hydrogen-bond acceptors (Lipinski definition) is 5. The molecule has 28 heavy (non-hydrogen) atoms. The zero-order valence-corrected chi connectivity index (χ0v) is 17.3. The molecule has 1 spiro atoms. The highest BCUT2D eigenvalue weighted by Gasteiger charge is 2.83. The summed E-state index contributed by atoms with van der Waals surface area (Å²) in [5.74, 6) is 1.59. The number of aliphatic hydroxyl groups excluding tert-OH is 1. The summed E-state index contributed by atoms with van der Waals surface area (Å²) >= 11 is 0. The molecule has 4 saturated carbocycles. The molecule has 0 aromatic carbocycles. The van der Waals surface area contributed by atoms with E-state index in [1.54, 1.807) is 0 Å². The summed E-state index contributed by atoms with van der Waals surface area (Å²) in [5.41, 5.74) is -1.41. The number of aliphatic hydroxyl groups is 2. The Morgan fingerprint density at radius 2 is 1.89 bits per heavy atom. The highest BCUT2D eigenvalue weighted by molar-refractivity contribution is 5.74. The average Bonchev–Trinajstić information content (AvgIpc) is 3.27. The number of nitrogens with zero attached hydrogens (tertiary/aromatic N) is 1. The molecule has 0 aromatic rings. The van der Waals surface area contributed by atoms with Crippen LogP contribution < -0.4 is 0 Å². The van der Waals surface area contributed by atoms with Crippen molar-refractivity contribution in [2.75, 3.05) is 26.8 Å². The molecule has 4 aliphatic carbocycles. The van der Waals surface area contributed by atoms with Gasteiger partial charge >= 0.3 is 5.97 Å². The third kappa shape index (κ3) is 1.65. The third-order valence-electron chi connectivity index (χ3n) is 11.0. The normalized spacial score (nSPS) is 59.1. The van der Waals surface area contributed by atoms with Crippen LogP contribution in [0.4, 0.5) is 0 Å². The van der Waals surface area contributed by atoms with E-state index in [9.17, 15) is 15.0 Å². The van der Waals surface area contributed by atoms with Crippen molar-refractivity contribution in [3.8, 4) is 0 Å². The number of carbonyl (C=O) groups excluding carboxylic acids is 1. The lowest BCUT2D eigenvalue weighted by molar-refractivity contribution is -0.262. The molecule has 156 valence electrons. The molecule has 0 amide bonds. The van der Waals surface area contributed by atoms with Crippen LogP contribution in [0, 0.1) is 46.3 Å². The van der Waals surface area contributed by atoms with Gasteiger partial charge in [-0.3, -0.25) is 9.69 Å². The minimum atomic E-state index is -0.824. The van der Waals surface area contributed by atoms with E-state index in [4.69, 9.17) is 4.74 Å². The lowest BCUT2D eigenvalue weighted by Crippen LogP contribution is -2.74. The Morgan fingerprint density at radius 1 is 1.14 bits per heavy atom. The van der Waals surface area contributed by atoms with E-state index >= 15 is 0 Å². The van der Waals surface area contributed by atoms with Gasteiger partial charge < -0.3 is 14.9 Å². The van der Waals surface area contributed by atoms with Gasteiger partial charge in [0, 0.05) is 42.5 Å². The Balaban J connectivity index is 1.63. The van der Waals surface area contributed by atoms with Crippen LogP contribution in [0.5, 0.6) is 0 Å². The van der Waals surface area contributed by atoms with Crippen LogP contribution in [0.25, 0.3) is 0 Å². The van der Waals surface area contributed by atoms with Crippen LogP contribution in [-0.2, 0) is 9.53 Å². The second-order valence-corrected chi connectivity index (χ2v) is 11.2. The number of carbonyl (C=O) groups is 1. The van der Waals surface area contributed by atoms with Crippen molar-refractivity contribution in [3.05, 3.63) is 0 Å². The Morgan fingerprint density at radius 3 is 2.64 bits per heavy atom. The molecule has 10 atom stereocenters. The molecule has 6 rings (SSSR count). The maximum Gasteiger partial charge on any atom is 0.309 e. The molecule has 5 heteroatoms. The first kappa shape index (κ1) is 18.1. The molecule has 2 N–H and O–H groups in total. The number of piperidine rings is 1. The maximum absolute atomic E-state index is 12.9. The molecule has 6 fully saturated rings. The summed E-state index contributed by atoms with van der Waals surface area (Å²) in [6.45, 7) is 4.73. The van der Waals surface area contributed by atoms with Gasteiger partial charge in [-0.15, -0.1) is 0 Å². The molecular weight excluding hydrogens is 354 g/mol. The predicted octanol–water partition coefficient (Wildman–Crippen LogP) is 2.06. The highest BCUT2D eigenvalue weighted by atomic mass is 16.5. The minimum absolute atomic E-state index is 0.00392. The van der Waals surface area contributed by atoms with E-state index in [0.29, 0.717) is 23.8 Å². The zero-order valence-electron chi connectivity index (χ0n) is 17.3. The summed E-state index contributed by atoms with van der Waals surface area (Å²) in [7, 11) is 1.49. The fourth-order valence-electron chi connectivity index (χ4n) is 10.3. The third-order valence-corrected chi connectivity index (χ3v) is 11.0. The van der Waals surface area contributed by atoms with Crippen LogP contribution in [0.1, 0.15) is 51.9 Å². The summed E-state index contributed by atoms with van der Waals surface area (Å²) in [6.07, 6.45) is 7.03. The fraction of sp³-hybridized carbons (Fsp3) is 0.957. The number of hydrogen-bond donors (Lipinski definition) is 2. The maximum atomic E-state index is 12.9. The van der Waals surface area contributed by atoms with E-state index in [1.165, 1.54) is 7.11 Å². The van der Waals surface area contributed by atoms with Gasteiger partial charge in [-0.1, -0.05) is 6.92 Å². The lowest BCUT2D eigenvalue weighted by atomic mass is 9.41. The van der Waals surface area contributed by atoms with Gasteiger partial charge in [0.25, 0.3) is 0 Å². The fourth-order valence-corrected chi connectivity index (χ4v) is 10.3. The van der Waals surface area contributed by atoms with E-state index < -0.39 is 5.60 Å². The first-order chi connectivity index (χ1) is 13.4. The van der Waals surface area contributed by atoms with Gasteiger partial charge in [0.05, 0.1) is 18.6 Å². The largest absolute Gasteiger partial charge is 0.469 e. The van der Waals surface area contributed by atoms with Crippen molar-refractivity contribution in [2.45, 2.75) is 63.5 Å². The Hall–Kier alpha value is -0.650. The van der Waals surface area contributed by atoms with Crippen LogP contribution in [-0.4, -0.2) is 59.5 Å². The van der Waals surface area contributed by atoms with E-state index in [1.807, 2.05) is 0 Å². The second kappa shape index (κ2) is 5.53. The molecule has 2 saturated heterocycles. The highest BCUT2D eigenvalue weighted by Crippen LogP contribution is 2.79. The van der Waals surface area contributed by atoms with Gasteiger partial charge in [-0.2, -0.15) is 0 Å². The number of esters is 1. The SMILES string of the molecule is COC(=O)[C@@H]1C[C@]23[C@@H]4[C@@H]5CC[C@@]2(CO)[C@H](CC[C@H]2CC[C@H]1[C@@]23O)CN4C[C@H]5C.